The van der Waals surface area contributed by atoms with Gasteiger partial charge in [-0.05, 0) is 46.0 Å². The van der Waals surface area contributed by atoms with Gasteiger partial charge in [0.15, 0.2) is 4.88 Å². The lowest BCUT2D eigenvalue weighted by atomic mass is 10.2. The predicted molar refractivity (Wildman–Crippen MR) is 114 cm³/mol. The minimum absolute atomic E-state index is 0.199. The van der Waals surface area contributed by atoms with Gasteiger partial charge in [0.05, 0.1) is 25.0 Å². The highest BCUT2D eigenvalue weighted by Gasteiger charge is 2.17. The van der Waals surface area contributed by atoms with E-state index in [4.69, 9.17) is 14.2 Å². The van der Waals surface area contributed by atoms with E-state index in [1.54, 1.807) is 6.07 Å². The van der Waals surface area contributed by atoms with Crippen molar-refractivity contribution in [2.75, 3.05) is 41.0 Å². The topological polar surface area (TPSA) is 85.3 Å². The number of aryl methyl sites for hydroxylation is 2. The minimum Gasteiger partial charge on any atom is -0.492 e. The molecule has 0 fully saturated rings. The molecule has 0 bridgehead atoms. The fourth-order valence-corrected chi connectivity index (χ4v) is 4.50. The van der Waals surface area contributed by atoms with Gasteiger partial charge in [0, 0.05) is 16.3 Å². The Morgan fingerprint density at radius 3 is 2.48 bits per heavy atom. The van der Waals surface area contributed by atoms with Gasteiger partial charge in [-0.1, -0.05) is 0 Å². The van der Waals surface area contributed by atoms with Gasteiger partial charge in [-0.3, -0.25) is 4.79 Å². The summed E-state index contributed by atoms with van der Waals surface area (Å²) in [6.45, 7) is 3.59. The lowest BCUT2D eigenvalue weighted by molar-refractivity contribution is -0.139. The molecule has 7 nitrogen and oxygen atoms in total. The molecular weight excluding hydrogens is 414 g/mol. The molecule has 2 rings (SSSR count). The number of carboxylic acids is 1. The van der Waals surface area contributed by atoms with E-state index in [2.05, 4.69) is 0 Å². The second-order valence-electron chi connectivity index (χ2n) is 6.71. The maximum absolute atomic E-state index is 11.5. The third kappa shape index (κ3) is 7.34. The van der Waals surface area contributed by atoms with E-state index in [1.165, 1.54) is 29.8 Å². The van der Waals surface area contributed by atoms with Crippen LogP contribution in [0.1, 0.15) is 30.7 Å². The van der Waals surface area contributed by atoms with Crippen molar-refractivity contribution in [3.63, 3.8) is 0 Å². The standard InChI is InChI=1S/C20H27NO6S2/c1-13-10-15(17(28-13)12-18(22)25-4)26-8-5-6-14-11-16(19(29-14)20(23)24)27-9-7-21(2)3/h10-11H,5-9,12H2,1-4H3,(H,23,24). The molecule has 0 amide bonds. The second kappa shape index (κ2) is 11.2. The number of hydrogen-bond donors (Lipinski definition) is 1. The average molecular weight is 442 g/mol. The van der Waals surface area contributed by atoms with Gasteiger partial charge >= 0.3 is 11.9 Å². The number of aromatic carboxylic acids is 1. The molecule has 0 radical (unpaired) electrons. The van der Waals surface area contributed by atoms with Crippen molar-refractivity contribution in [3.05, 3.63) is 31.6 Å². The Morgan fingerprint density at radius 1 is 1.10 bits per heavy atom. The zero-order chi connectivity index (χ0) is 21.4. The molecule has 0 aromatic carbocycles. The summed E-state index contributed by atoms with van der Waals surface area (Å²) in [4.78, 5) is 28.1. The summed E-state index contributed by atoms with van der Waals surface area (Å²) >= 11 is 2.76. The van der Waals surface area contributed by atoms with Gasteiger partial charge in [-0.2, -0.15) is 0 Å². The number of esters is 1. The van der Waals surface area contributed by atoms with Crippen LogP contribution in [0, 0.1) is 6.92 Å². The third-order valence-electron chi connectivity index (χ3n) is 3.99. The van der Waals surface area contributed by atoms with Crippen LogP contribution in [0.4, 0.5) is 0 Å². The van der Waals surface area contributed by atoms with E-state index in [0.29, 0.717) is 37.7 Å². The maximum Gasteiger partial charge on any atom is 0.349 e. The van der Waals surface area contributed by atoms with Gasteiger partial charge in [-0.25, -0.2) is 4.79 Å². The maximum atomic E-state index is 11.5. The smallest absolute Gasteiger partial charge is 0.349 e. The highest BCUT2D eigenvalue weighted by Crippen LogP contribution is 2.32. The first-order chi connectivity index (χ1) is 13.8. The second-order valence-corrected chi connectivity index (χ2v) is 9.19. The van der Waals surface area contributed by atoms with E-state index < -0.39 is 5.97 Å². The molecule has 1 N–H and O–H groups in total. The molecule has 0 spiro atoms. The molecule has 0 saturated heterocycles. The van der Waals surface area contributed by atoms with E-state index in [-0.39, 0.29) is 17.3 Å². The highest BCUT2D eigenvalue weighted by atomic mass is 32.1. The number of likely N-dealkylation sites (N-methyl/N-ethyl adjacent to an activating group) is 1. The molecule has 2 aromatic heterocycles. The Balaban J connectivity index is 1.89. The number of thiophene rings is 2. The van der Waals surface area contributed by atoms with E-state index in [0.717, 1.165) is 21.1 Å². The lowest BCUT2D eigenvalue weighted by Gasteiger charge is -2.10. The SMILES string of the molecule is COC(=O)Cc1sc(C)cc1OCCCc1cc(OCCN(C)C)c(C(=O)O)s1. The number of rotatable bonds is 12. The first-order valence-electron chi connectivity index (χ1n) is 9.22. The van der Waals surface area contributed by atoms with E-state index >= 15 is 0 Å². The van der Waals surface area contributed by atoms with Crippen LogP contribution < -0.4 is 9.47 Å². The van der Waals surface area contributed by atoms with Crippen LogP contribution in [0.15, 0.2) is 12.1 Å². The molecule has 0 aliphatic carbocycles. The summed E-state index contributed by atoms with van der Waals surface area (Å²) in [5.41, 5.74) is 0. The molecular formula is C20H27NO6S2. The zero-order valence-electron chi connectivity index (χ0n) is 17.1. The number of carboxylic acid groups (broad SMARTS) is 1. The van der Waals surface area contributed by atoms with Crippen molar-refractivity contribution in [1.82, 2.24) is 4.90 Å². The third-order valence-corrected chi connectivity index (χ3v) is 6.19. The Kier molecular flexibility index (Phi) is 8.94. The van der Waals surface area contributed by atoms with Crippen molar-refractivity contribution in [2.24, 2.45) is 0 Å². The van der Waals surface area contributed by atoms with Gasteiger partial charge in [0.2, 0.25) is 0 Å². The molecule has 160 valence electrons. The highest BCUT2D eigenvalue weighted by molar-refractivity contribution is 7.14. The molecule has 29 heavy (non-hydrogen) atoms. The summed E-state index contributed by atoms with van der Waals surface area (Å²) in [5, 5.41) is 9.39. The quantitative estimate of drug-likeness (QED) is 0.399. The molecule has 9 heteroatoms. The van der Waals surface area contributed by atoms with Crippen LogP contribution >= 0.6 is 22.7 Å². The zero-order valence-corrected chi connectivity index (χ0v) is 18.8. The average Bonchev–Trinajstić information content (AvgIpc) is 3.21. The van der Waals surface area contributed by atoms with E-state index in [9.17, 15) is 14.7 Å². The van der Waals surface area contributed by atoms with Crippen molar-refractivity contribution < 1.29 is 28.9 Å². The molecule has 0 saturated carbocycles. The number of carbonyl (C=O) groups is 2. The predicted octanol–water partition coefficient (Wildman–Crippen LogP) is 3.48. The van der Waals surface area contributed by atoms with Crippen LogP contribution in [0.25, 0.3) is 0 Å². The lowest BCUT2D eigenvalue weighted by Crippen LogP contribution is -2.19. The molecule has 0 unspecified atom stereocenters. The van der Waals surface area contributed by atoms with Gasteiger partial charge < -0.3 is 24.2 Å². The molecule has 2 heterocycles. The summed E-state index contributed by atoms with van der Waals surface area (Å²) in [6, 6.07) is 3.73. The van der Waals surface area contributed by atoms with Crippen LogP contribution in [0.2, 0.25) is 0 Å². The Morgan fingerprint density at radius 2 is 1.83 bits per heavy atom. The van der Waals surface area contributed by atoms with Gasteiger partial charge in [0.1, 0.15) is 18.1 Å². The monoisotopic (exact) mass is 441 g/mol. The van der Waals surface area contributed by atoms with Crippen LogP contribution in [0.3, 0.4) is 0 Å². The van der Waals surface area contributed by atoms with Gasteiger partial charge in [-0.15, -0.1) is 22.7 Å². The van der Waals surface area contributed by atoms with Crippen molar-refractivity contribution >= 4 is 34.6 Å². The molecule has 2 aromatic rings. The molecule has 0 aliphatic heterocycles. The van der Waals surface area contributed by atoms with E-state index in [1.807, 2.05) is 32.0 Å². The fourth-order valence-electron chi connectivity index (χ4n) is 2.56. The Bertz CT molecular complexity index is 827. The Labute approximate surface area is 178 Å². The minimum atomic E-state index is -0.974. The molecule has 0 aliphatic rings. The van der Waals surface area contributed by atoms with Crippen LogP contribution in [0.5, 0.6) is 11.5 Å². The number of nitrogens with zero attached hydrogens (tertiary/aromatic N) is 1. The Hall–Kier alpha value is -2.10. The molecule has 0 atom stereocenters. The largest absolute Gasteiger partial charge is 0.492 e. The normalized spacial score (nSPS) is 10.9. The number of ether oxygens (including phenoxy) is 3. The first kappa shape index (κ1) is 23.2. The summed E-state index contributed by atoms with van der Waals surface area (Å²) in [6.07, 6.45) is 1.62. The van der Waals surface area contributed by atoms with Crippen molar-refractivity contribution in [1.29, 1.82) is 0 Å². The summed E-state index contributed by atoms with van der Waals surface area (Å²) < 4.78 is 16.2. The number of hydrogen-bond acceptors (Lipinski definition) is 8. The van der Waals surface area contributed by atoms with Crippen molar-refractivity contribution in [2.45, 2.75) is 26.2 Å². The number of methoxy groups -OCH3 is 1. The van der Waals surface area contributed by atoms with Crippen LogP contribution in [-0.4, -0.2) is 62.9 Å². The number of carbonyl (C=O) groups excluding carboxylic acids is 1. The van der Waals surface area contributed by atoms with Crippen LogP contribution in [-0.2, 0) is 22.4 Å². The van der Waals surface area contributed by atoms with Gasteiger partial charge in [0.25, 0.3) is 0 Å². The summed E-state index contributed by atoms with van der Waals surface area (Å²) in [7, 11) is 5.24. The first-order valence-corrected chi connectivity index (χ1v) is 10.9. The van der Waals surface area contributed by atoms with Crippen molar-refractivity contribution in [3.8, 4) is 11.5 Å². The fraction of sp³-hybridized carbons (Fsp3) is 0.500. The summed E-state index contributed by atoms with van der Waals surface area (Å²) in [5.74, 6) is -0.131.